The monoisotopic (exact) mass is 429 g/mol. The molecule has 164 valence electrons. The maximum atomic E-state index is 11.7. The van der Waals surface area contributed by atoms with Crippen molar-refractivity contribution in [2.24, 2.45) is 5.73 Å². The fourth-order valence-electron chi connectivity index (χ4n) is 3.75. The predicted molar refractivity (Wildman–Crippen MR) is 125 cm³/mol. The van der Waals surface area contributed by atoms with Crippen molar-refractivity contribution in [2.75, 3.05) is 6.61 Å². The van der Waals surface area contributed by atoms with Gasteiger partial charge in [-0.3, -0.25) is 4.79 Å². The third-order valence-electron chi connectivity index (χ3n) is 5.32. The normalized spacial score (nSPS) is 10.9. The number of fused-ring (bicyclic) bond motifs is 1. The van der Waals surface area contributed by atoms with E-state index in [0.717, 1.165) is 44.7 Å². The van der Waals surface area contributed by atoms with Crippen LogP contribution >= 0.6 is 0 Å². The van der Waals surface area contributed by atoms with Crippen molar-refractivity contribution >= 4 is 16.9 Å². The van der Waals surface area contributed by atoms with E-state index < -0.39 is 0 Å². The molecule has 0 atom stereocenters. The second-order valence-electron chi connectivity index (χ2n) is 7.54. The number of hydrogen-bond donors (Lipinski definition) is 1. The predicted octanol–water partition coefficient (Wildman–Crippen LogP) is 5.63. The molecule has 0 spiro atoms. The Morgan fingerprint density at radius 2 is 1.84 bits per heavy atom. The summed E-state index contributed by atoms with van der Waals surface area (Å²) in [4.78, 5) is 11.7. The Kier molecular flexibility index (Phi) is 6.87. The van der Waals surface area contributed by atoms with Crippen LogP contribution in [0.5, 0.6) is 5.75 Å². The topological polar surface area (TPSA) is 74.7 Å². The summed E-state index contributed by atoms with van der Waals surface area (Å²) in [6.45, 7) is 2.99. The van der Waals surface area contributed by atoms with Gasteiger partial charge in [0, 0.05) is 23.9 Å². The van der Waals surface area contributed by atoms with E-state index >= 15 is 0 Å². The highest BCUT2D eigenvalue weighted by Crippen LogP contribution is 2.32. The molecule has 1 heterocycles. The highest BCUT2D eigenvalue weighted by Gasteiger charge is 2.12. The van der Waals surface area contributed by atoms with Crippen LogP contribution in [0.25, 0.3) is 22.1 Å². The van der Waals surface area contributed by atoms with Crippen LogP contribution in [0.2, 0.25) is 0 Å². The lowest BCUT2D eigenvalue weighted by Crippen LogP contribution is -2.06. The van der Waals surface area contributed by atoms with E-state index in [1.165, 1.54) is 0 Å². The van der Waals surface area contributed by atoms with Gasteiger partial charge in [-0.05, 0) is 48.2 Å². The standard InChI is InChI=1S/C27H27NO4/c1-2-30-26(29)14-13-20-8-3-4-12-25(20)31-18-23-16-22-10-6-11-24(27(22)32-23)21-9-5-7-19(15-21)17-28/h3-12,15-16H,2,13-14,17-18,28H2,1H3. The first-order chi connectivity index (χ1) is 15.7. The first-order valence-corrected chi connectivity index (χ1v) is 10.8. The van der Waals surface area contributed by atoms with Crippen molar-refractivity contribution in [2.45, 2.75) is 32.9 Å². The molecule has 0 unspecified atom stereocenters. The number of carbonyl (C=O) groups excluding carboxylic acids is 1. The fourth-order valence-corrected chi connectivity index (χ4v) is 3.75. The molecule has 0 bridgehead atoms. The number of para-hydroxylation sites is 2. The average molecular weight is 430 g/mol. The summed E-state index contributed by atoms with van der Waals surface area (Å²) in [6.07, 6.45) is 0.890. The Bertz CT molecular complexity index is 1210. The molecular weight excluding hydrogens is 402 g/mol. The molecule has 1 aromatic heterocycles. The van der Waals surface area contributed by atoms with Gasteiger partial charge >= 0.3 is 5.97 Å². The number of ether oxygens (including phenoxy) is 2. The fraction of sp³-hybridized carbons (Fsp3) is 0.222. The molecule has 4 rings (SSSR count). The van der Waals surface area contributed by atoms with Gasteiger partial charge in [-0.15, -0.1) is 0 Å². The van der Waals surface area contributed by atoms with Crippen LogP contribution in [0, 0.1) is 0 Å². The van der Waals surface area contributed by atoms with E-state index in [4.69, 9.17) is 19.6 Å². The number of benzene rings is 3. The lowest BCUT2D eigenvalue weighted by molar-refractivity contribution is -0.143. The molecule has 4 aromatic rings. The molecule has 5 nitrogen and oxygen atoms in total. The molecule has 0 saturated carbocycles. The van der Waals surface area contributed by atoms with Gasteiger partial charge in [0.15, 0.2) is 0 Å². The van der Waals surface area contributed by atoms with Crippen LogP contribution in [0.4, 0.5) is 0 Å². The molecule has 5 heteroatoms. The zero-order valence-electron chi connectivity index (χ0n) is 18.2. The molecule has 0 amide bonds. The van der Waals surface area contributed by atoms with E-state index in [-0.39, 0.29) is 5.97 Å². The van der Waals surface area contributed by atoms with Gasteiger partial charge in [-0.25, -0.2) is 0 Å². The molecule has 0 fully saturated rings. The molecule has 3 aromatic carbocycles. The van der Waals surface area contributed by atoms with Crippen molar-refractivity contribution in [3.8, 4) is 16.9 Å². The summed E-state index contributed by atoms with van der Waals surface area (Å²) in [6, 6.07) is 24.0. The zero-order valence-corrected chi connectivity index (χ0v) is 18.2. The minimum absolute atomic E-state index is 0.203. The van der Waals surface area contributed by atoms with Crippen molar-refractivity contribution < 1.29 is 18.7 Å². The molecule has 0 aliphatic rings. The van der Waals surface area contributed by atoms with E-state index in [1.807, 2.05) is 61.5 Å². The molecule has 2 N–H and O–H groups in total. The zero-order chi connectivity index (χ0) is 22.3. The minimum atomic E-state index is -0.203. The Labute approximate surface area is 187 Å². The summed E-state index contributed by atoms with van der Waals surface area (Å²) < 4.78 is 17.3. The van der Waals surface area contributed by atoms with E-state index in [0.29, 0.717) is 32.6 Å². The first-order valence-electron chi connectivity index (χ1n) is 10.8. The van der Waals surface area contributed by atoms with Gasteiger partial charge in [0.2, 0.25) is 0 Å². The average Bonchev–Trinajstić information content (AvgIpc) is 3.25. The van der Waals surface area contributed by atoms with Gasteiger partial charge in [-0.1, -0.05) is 54.6 Å². The van der Waals surface area contributed by atoms with E-state index in [2.05, 4.69) is 18.2 Å². The number of furan rings is 1. The summed E-state index contributed by atoms with van der Waals surface area (Å²) in [7, 11) is 0. The Hall–Kier alpha value is -3.57. The lowest BCUT2D eigenvalue weighted by atomic mass is 10.0. The number of rotatable bonds is 9. The SMILES string of the molecule is CCOC(=O)CCc1ccccc1OCc1cc2cccc(-c3cccc(CN)c3)c2o1. The molecule has 0 saturated heterocycles. The maximum absolute atomic E-state index is 11.7. The number of aryl methyl sites for hydroxylation is 1. The molecule has 32 heavy (non-hydrogen) atoms. The molecule has 0 aliphatic heterocycles. The van der Waals surface area contributed by atoms with Crippen molar-refractivity contribution in [3.05, 3.63) is 89.7 Å². The highest BCUT2D eigenvalue weighted by atomic mass is 16.5. The Balaban J connectivity index is 1.52. The van der Waals surface area contributed by atoms with Gasteiger partial charge in [0.25, 0.3) is 0 Å². The van der Waals surface area contributed by atoms with Crippen molar-refractivity contribution in [1.29, 1.82) is 0 Å². The van der Waals surface area contributed by atoms with Gasteiger partial charge < -0.3 is 19.6 Å². The Morgan fingerprint density at radius 3 is 2.69 bits per heavy atom. The van der Waals surface area contributed by atoms with Crippen LogP contribution in [-0.2, 0) is 29.1 Å². The molecular formula is C27H27NO4. The maximum Gasteiger partial charge on any atom is 0.306 e. The van der Waals surface area contributed by atoms with Crippen LogP contribution < -0.4 is 10.5 Å². The second-order valence-corrected chi connectivity index (χ2v) is 7.54. The quantitative estimate of drug-likeness (QED) is 0.349. The molecule has 0 aliphatic carbocycles. The number of carbonyl (C=O) groups is 1. The van der Waals surface area contributed by atoms with E-state index in [1.54, 1.807) is 0 Å². The van der Waals surface area contributed by atoms with Crippen LogP contribution in [0.3, 0.4) is 0 Å². The third-order valence-corrected chi connectivity index (χ3v) is 5.32. The van der Waals surface area contributed by atoms with Crippen molar-refractivity contribution in [3.63, 3.8) is 0 Å². The first kappa shape index (κ1) is 21.7. The van der Waals surface area contributed by atoms with E-state index in [9.17, 15) is 4.79 Å². The summed E-state index contributed by atoms with van der Waals surface area (Å²) in [5.41, 5.74) is 10.8. The smallest absolute Gasteiger partial charge is 0.306 e. The number of nitrogens with two attached hydrogens (primary N) is 1. The second kappa shape index (κ2) is 10.2. The van der Waals surface area contributed by atoms with Gasteiger partial charge in [-0.2, -0.15) is 0 Å². The number of esters is 1. The lowest BCUT2D eigenvalue weighted by Gasteiger charge is -2.10. The van der Waals surface area contributed by atoms with Crippen molar-refractivity contribution in [1.82, 2.24) is 0 Å². The largest absolute Gasteiger partial charge is 0.485 e. The van der Waals surface area contributed by atoms with Crippen LogP contribution in [0.1, 0.15) is 30.2 Å². The van der Waals surface area contributed by atoms with Gasteiger partial charge in [0.1, 0.15) is 23.7 Å². The van der Waals surface area contributed by atoms with Crippen LogP contribution in [0.15, 0.2) is 77.2 Å². The Morgan fingerprint density at radius 1 is 1.00 bits per heavy atom. The van der Waals surface area contributed by atoms with Crippen LogP contribution in [-0.4, -0.2) is 12.6 Å². The molecule has 0 radical (unpaired) electrons. The summed E-state index contributed by atoms with van der Waals surface area (Å²) in [5, 5.41) is 1.02. The number of hydrogen-bond acceptors (Lipinski definition) is 5. The third kappa shape index (κ3) is 5.01. The minimum Gasteiger partial charge on any atom is -0.485 e. The highest BCUT2D eigenvalue weighted by molar-refractivity contribution is 5.92. The summed E-state index contributed by atoms with van der Waals surface area (Å²) >= 11 is 0. The summed E-state index contributed by atoms with van der Waals surface area (Å²) in [5.74, 6) is 1.28. The van der Waals surface area contributed by atoms with Gasteiger partial charge in [0.05, 0.1) is 6.61 Å².